The molecule has 0 saturated carbocycles. The van der Waals surface area contributed by atoms with Crippen molar-refractivity contribution in [2.75, 3.05) is 4.90 Å². The van der Waals surface area contributed by atoms with Crippen molar-refractivity contribution >= 4 is 27.8 Å². The predicted molar refractivity (Wildman–Crippen MR) is 226 cm³/mol. The smallest absolute Gasteiger partial charge is 0.0462 e. The Morgan fingerprint density at radius 2 is 0.566 bits per heavy atom. The van der Waals surface area contributed by atoms with E-state index < -0.39 is 0 Å². The predicted octanol–water partition coefficient (Wildman–Crippen LogP) is 14.6. The third-order valence-corrected chi connectivity index (χ3v) is 10.1. The molecule has 1 nitrogen and oxygen atoms in total. The molecule has 9 aromatic carbocycles. The minimum Gasteiger partial charge on any atom is -0.311 e. The molecule has 0 bridgehead atoms. The summed E-state index contributed by atoms with van der Waals surface area (Å²) in [4.78, 5) is 2.35. The summed E-state index contributed by atoms with van der Waals surface area (Å²) in [5, 5.41) is 2.51. The number of hydrogen-bond acceptors (Lipinski definition) is 1. The first-order valence-electron chi connectivity index (χ1n) is 18.2. The van der Waals surface area contributed by atoms with Crippen LogP contribution in [-0.2, 0) is 0 Å². The van der Waals surface area contributed by atoms with Gasteiger partial charge in [-0.3, -0.25) is 0 Å². The minimum absolute atomic E-state index is 1.10. The van der Waals surface area contributed by atoms with Crippen LogP contribution >= 0.6 is 0 Å². The summed E-state index contributed by atoms with van der Waals surface area (Å²) in [5.41, 5.74) is 15.4. The molecule has 0 spiro atoms. The van der Waals surface area contributed by atoms with E-state index in [1.807, 2.05) is 0 Å². The van der Waals surface area contributed by atoms with Gasteiger partial charge in [0.1, 0.15) is 0 Å². The van der Waals surface area contributed by atoms with Crippen LogP contribution in [-0.4, -0.2) is 0 Å². The Kier molecular flexibility index (Phi) is 8.66. The summed E-state index contributed by atoms with van der Waals surface area (Å²) in [7, 11) is 0. The lowest BCUT2D eigenvalue weighted by Crippen LogP contribution is -2.09. The molecule has 9 aromatic rings. The fraction of sp³-hybridized carbons (Fsp3) is 0. The van der Waals surface area contributed by atoms with E-state index in [2.05, 4.69) is 229 Å². The monoisotopic (exact) mass is 675 g/mol. The van der Waals surface area contributed by atoms with Gasteiger partial charge in [0.05, 0.1) is 0 Å². The first-order chi connectivity index (χ1) is 26.3. The van der Waals surface area contributed by atoms with Gasteiger partial charge in [0.25, 0.3) is 0 Å². The van der Waals surface area contributed by atoms with Crippen molar-refractivity contribution in [1.29, 1.82) is 0 Å². The average Bonchev–Trinajstić information content (AvgIpc) is 3.25. The Hall–Kier alpha value is -6.96. The highest BCUT2D eigenvalue weighted by Gasteiger charge is 2.15. The number of benzene rings is 9. The molecule has 0 saturated heterocycles. The van der Waals surface area contributed by atoms with Gasteiger partial charge in [-0.25, -0.2) is 0 Å². The standard InChI is InChI=1S/C52H37N/c1-3-12-38(13-4-1)44-18-9-20-46(36-44)40-24-30-48(31-25-40)53(50-34-28-43(29-35-50)52-23-11-17-42-16-7-8-22-51(42)52)49-32-26-41(27-33-49)47-21-10-19-45(37-47)39-14-5-2-6-15-39/h1-37H. The van der Waals surface area contributed by atoms with E-state index in [0.29, 0.717) is 0 Å². The van der Waals surface area contributed by atoms with Crippen LogP contribution in [0.25, 0.3) is 66.4 Å². The van der Waals surface area contributed by atoms with Gasteiger partial charge in [-0.05, 0) is 115 Å². The average molecular weight is 676 g/mol. The molecule has 250 valence electrons. The van der Waals surface area contributed by atoms with Gasteiger partial charge in [0.2, 0.25) is 0 Å². The van der Waals surface area contributed by atoms with Crippen molar-refractivity contribution in [1.82, 2.24) is 0 Å². The lowest BCUT2D eigenvalue weighted by molar-refractivity contribution is 1.28. The highest BCUT2D eigenvalue weighted by atomic mass is 15.1. The molecular weight excluding hydrogens is 639 g/mol. The lowest BCUT2D eigenvalue weighted by atomic mass is 9.97. The molecule has 0 amide bonds. The highest BCUT2D eigenvalue weighted by molar-refractivity contribution is 5.97. The molecule has 0 fully saturated rings. The molecule has 0 radical (unpaired) electrons. The van der Waals surface area contributed by atoms with Crippen LogP contribution in [0, 0.1) is 0 Å². The molecule has 0 aliphatic carbocycles. The van der Waals surface area contributed by atoms with Crippen LogP contribution in [0.1, 0.15) is 0 Å². The summed E-state index contributed by atoms with van der Waals surface area (Å²) in [5.74, 6) is 0. The summed E-state index contributed by atoms with van der Waals surface area (Å²) >= 11 is 0. The number of rotatable bonds is 8. The molecule has 0 N–H and O–H groups in total. The summed E-state index contributed by atoms with van der Waals surface area (Å²) in [6.07, 6.45) is 0. The Morgan fingerprint density at radius 3 is 1.04 bits per heavy atom. The van der Waals surface area contributed by atoms with Crippen molar-refractivity contribution in [3.63, 3.8) is 0 Å². The van der Waals surface area contributed by atoms with Crippen LogP contribution in [0.2, 0.25) is 0 Å². The molecule has 0 aromatic heterocycles. The second-order valence-electron chi connectivity index (χ2n) is 13.4. The first-order valence-corrected chi connectivity index (χ1v) is 18.2. The maximum atomic E-state index is 2.35. The van der Waals surface area contributed by atoms with Gasteiger partial charge in [0, 0.05) is 17.1 Å². The zero-order chi connectivity index (χ0) is 35.4. The van der Waals surface area contributed by atoms with Crippen molar-refractivity contribution in [2.24, 2.45) is 0 Å². The van der Waals surface area contributed by atoms with E-state index in [9.17, 15) is 0 Å². The normalized spacial score (nSPS) is 11.0. The van der Waals surface area contributed by atoms with Gasteiger partial charge in [-0.15, -0.1) is 0 Å². The Balaban J connectivity index is 1.08. The molecular formula is C52H37N. The first kappa shape index (κ1) is 32.0. The Labute approximate surface area is 311 Å². The topological polar surface area (TPSA) is 3.24 Å². The second-order valence-corrected chi connectivity index (χ2v) is 13.4. The van der Waals surface area contributed by atoms with Crippen molar-refractivity contribution in [3.8, 4) is 55.6 Å². The van der Waals surface area contributed by atoms with E-state index in [0.717, 1.165) is 17.1 Å². The Bertz CT molecular complexity index is 2490. The largest absolute Gasteiger partial charge is 0.311 e. The van der Waals surface area contributed by atoms with E-state index in [4.69, 9.17) is 0 Å². The van der Waals surface area contributed by atoms with Gasteiger partial charge in [0.15, 0.2) is 0 Å². The van der Waals surface area contributed by atoms with Gasteiger partial charge >= 0.3 is 0 Å². The fourth-order valence-electron chi connectivity index (χ4n) is 7.34. The second kappa shape index (κ2) is 14.3. The van der Waals surface area contributed by atoms with Crippen molar-refractivity contribution < 1.29 is 0 Å². The maximum absolute atomic E-state index is 2.35. The molecule has 53 heavy (non-hydrogen) atoms. The summed E-state index contributed by atoms with van der Waals surface area (Å²) in [6.45, 7) is 0. The Morgan fingerprint density at radius 1 is 0.226 bits per heavy atom. The van der Waals surface area contributed by atoms with Gasteiger partial charge in [-0.2, -0.15) is 0 Å². The highest BCUT2D eigenvalue weighted by Crippen LogP contribution is 2.39. The number of nitrogens with zero attached hydrogens (tertiary/aromatic N) is 1. The lowest BCUT2D eigenvalue weighted by Gasteiger charge is -2.26. The van der Waals surface area contributed by atoms with E-state index >= 15 is 0 Å². The summed E-state index contributed by atoms with van der Waals surface area (Å²) in [6, 6.07) is 80.7. The SMILES string of the molecule is c1ccc(-c2cccc(-c3ccc(N(c4ccc(-c5cccc(-c6ccccc6)c5)cc4)c4ccc(-c5cccc6ccccc56)cc4)cc3)c2)cc1. The molecule has 0 atom stereocenters. The molecule has 0 heterocycles. The van der Waals surface area contributed by atoms with Crippen LogP contribution in [0.15, 0.2) is 224 Å². The van der Waals surface area contributed by atoms with E-state index in [1.165, 1.54) is 66.4 Å². The van der Waals surface area contributed by atoms with Gasteiger partial charge < -0.3 is 4.90 Å². The quantitative estimate of drug-likeness (QED) is 0.155. The van der Waals surface area contributed by atoms with Crippen LogP contribution in [0.5, 0.6) is 0 Å². The zero-order valence-electron chi connectivity index (χ0n) is 29.3. The number of anilines is 3. The van der Waals surface area contributed by atoms with Crippen molar-refractivity contribution in [3.05, 3.63) is 224 Å². The molecule has 0 aliphatic rings. The molecule has 1 heteroatoms. The van der Waals surface area contributed by atoms with Crippen LogP contribution in [0.3, 0.4) is 0 Å². The van der Waals surface area contributed by atoms with Gasteiger partial charge in [-0.1, -0.05) is 176 Å². The molecule has 0 aliphatic heterocycles. The van der Waals surface area contributed by atoms with E-state index in [1.54, 1.807) is 0 Å². The van der Waals surface area contributed by atoms with Crippen molar-refractivity contribution in [2.45, 2.75) is 0 Å². The summed E-state index contributed by atoms with van der Waals surface area (Å²) < 4.78 is 0. The molecule has 9 rings (SSSR count). The number of fused-ring (bicyclic) bond motifs is 1. The van der Waals surface area contributed by atoms with E-state index in [-0.39, 0.29) is 0 Å². The number of hydrogen-bond donors (Lipinski definition) is 0. The maximum Gasteiger partial charge on any atom is 0.0462 e. The van der Waals surface area contributed by atoms with Crippen LogP contribution < -0.4 is 4.90 Å². The van der Waals surface area contributed by atoms with Crippen LogP contribution in [0.4, 0.5) is 17.1 Å². The third kappa shape index (κ3) is 6.65. The zero-order valence-corrected chi connectivity index (χ0v) is 29.3. The minimum atomic E-state index is 1.10. The fourth-order valence-corrected chi connectivity index (χ4v) is 7.34. The molecule has 0 unspecified atom stereocenters. The third-order valence-electron chi connectivity index (χ3n) is 10.1.